The lowest BCUT2D eigenvalue weighted by atomic mass is 10.1. The van der Waals surface area contributed by atoms with E-state index >= 15 is 0 Å². The molecule has 0 aliphatic heterocycles. The number of methoxy groups -OCH3 is 1. The number of anilines is 1. The largest absolute Gasteiger partial charge is 0.464 e. The van der Waals surface area contributed by atoms with Crippen LogP contribution in [-0.2, 0) is 16.0 Å². The van der Waals surface area contributed by atoms with Crippen LogP contribution in [0.1, 0.15) is 16.1 Å². The maximum atomic E-state index is 11.9. The van der Waals surface area contributed by atoms with Crippen molar-refractivity contribution in [2.75, 3.05) is 11.8 Å². The highest BCUT2D eigenvalue weighted by atomic mass is 32.2. The van der Waals surface area contributed by atoms with E-state index in [0.29, 0.717) is 11.4 Å². The van der Waals surface area contributed by atoms with Gasteiger partial charge in [-0.2, -0.15) is 5.10 Å². The zero-order valence-corrected chi connectivity index (χ0v) is 15.0. The minimum atomic E-state index is -2.14. The molecule has 0 saturated heterocycles. The van der Waals surface area contributed by atoms with Gasteiger partial charge in [-0.05, 0) is 37.3 Å². The molecule has 0 aliphatic carbocycles. The second-order valence-corrected chi connectivity index (χ2v) is 6.28. The van der Waals surface area contributed by atoms with Crippen LogP contribution in [0, 0.1) is 6.92 Å². The summed E-state index contributed by atoms with van der Waals surface area (Å²) in [5.74, 6) is -0.522. The highest BCUT2D eigenvalue weighted by Gasteiger charge is 2.17. The fourth-order valence-electron chi connectivity index (χ4n) is 2.48. The summed E-state index contributed by atoms with van der Waals surface area (Å²) in [5.41, 5.74) is 4.15. The maximum absolute atomic E-state index is 11.9. The zero-order chi connectivity index (χ0) is 18.7. The second kappa shape index (κ2) is 7.51. The number of nitrogens with one attached hydrogen (secondary N) is 1. The van der Waals surface area contributed by atoms with Crippen molar-refractivity contribution in [2.45, 2.75) is 6.92 Å². The molecule has 2 N–H and O–H groups in total. The molecule has 0 amide bonds. The van der Waals surface area contributed by atoms with Crippen LogP contribution in [-0.4, -0.2) is 31.6 Å². The molecule has 1 atom stereocenters. The summed E-state index contributed by atoms with van der Waals surface area (Å²) >= 11 is -2.14. The number of ether oxygens (including phenoxy) is 1. The average molecular weight is 371 g/mol. The summed E-state index contributed by atoms with van der Waals surface area (Å²) in [5, 5.41) is 4.35. The minimum Gasteiger partial charge on any atom is -0.464 e. The Hall–Kier alpha value is -2.97. The van der Waals surface area contributed by atoms with Crippen molar-refractivity contribution >= 4 is 22.9 Å². The maximum Gasteiger partial charge on any atom is 0.358 e. The molecule has 26 heavy (non-hydrogen) atoms. The number of benzene rings is 2. The first kappa shape index (κ1) is 17.8. The van der Waals surface area contributed by atoms with Gasteiger partial charge in [-0.15, -0.1) is 0 Å². The number of hydrogen-bond acceptors (Lipinski definition) is 4. The van der Waals surface area contributed by atoms with Gasteiger partial charge >= 0.3 is 5.97 Å². The van der Waals surface area contributed by atoms with Crippen molar-refractivity contribution in [3.8, 4) is 16.9 Å². The topological polar surface area (TPSA) is 93.5 Å². The smallest absolute Gasteiger partial charge is 0.358 e. The van der Waals surface area contributed by atoms with Crippen LogP contribution in [0.4, 0.5) is 5.69 Å². The summed E-state index contributed by atoms with van der Waals surface area (Å²) in [6.45, 7) is 2.00. The van der Waals surface area contributed by atoms with E-state index in [9.17, 15) is 9.00 Å². The fourth-order valence-corrected chi connectivity index (χ4v) is 2.82. The summed E-state index contributed by atoms with van der Waals surface area (Å²) in [6, 6.07) is 16.3. The van der Waals surface area contributed by atoms with Crippen LogP contribution in [0.25, 0.3) is 16.9 Å². The lowest BCUT2D eigenvalue weighted by Crippen LogP contribution is -2.05. The molecule has 0 saturated carbocycles. The van der Waals surface area contributed by atoms with Gasteiger partial charge in [0, 0.05) is 11.3 Å². The van der Waals surface area contributed by atoms with Crippen LogP contribution >= 0.6 is 0 Å². The van der Waals surface area contributed by atoms with Crippen LogP contribution < -0.4 is 4.72 Å². The molecule has 0 spiro atoms. The third-order valence-electron chi connectivity index (χ3n) is 3.77. The van der Waals surface area contributed by atoms with Gasteiger partial charge in [0.1, 0.15) is 0 Å². The molecular weight excluding hydrogens is 354 g/mol. The number of nitrogens with zero attached hydrogens (tertiary/aromatic N) is 2. The van der Waals surface area contributed by atoms with Gasteiger partial charge < -0.3 is 4.74 Å². The van der Waals surface area contributed by atoms with E-state index in [2.05, 4.69) is 9.82 Å². The van der Waals surface area contributed by atoms with Gasteiger partial charge in [0.15, 0.2) is 5.69 Å². The number of hydrogen-bond donors (Lipinski definition) is 2. The molecule has 0 fully saturated rings. The molecule has 0 bridgehead atoms. The molecular formula is C18H17N3O4S. The van der Waals surface area contributed by atoms with Crippen LogP contribution in [0.5, 0.6) is 0 Å². The first-order chi connectivity index (χ1) is 12.5. The molecule has 1 aromatic heterocycles. The number of esters is 1. The Morgan fingerprint density at radius 1 is 1.15 bits per heavy atom. The monoisotopic (exact) mass is 371 g/mol. The highest BCUT2D eigenvalue weighted by Crippen LogP contribution is 2.25. The summed E-state index contributed by atoms with van der Waals surface area (Å²) in [7, 11) is 1.31. The van der Waals surface area contributed by atoms with Gasteiger partial charge in [0.05, 0.1) is 18.5 Å². The zero-order valence-electron chi connectivity index (χ0n) is 14.2. The quantitative estimate of drug-likeness (QED) is 0.531. The van der Waals surface area contributed by atoms with Crippen molar-refractivity contribution in [3.63, 3.8) is 0 Å². The Morgan fingerprint density at radius 3 is 2.38 bits per heavy atom. The van der Waals surface area contributed by atoms with Crippen LogP contribution in [0.15, 0.2) is 54.6 Å². The number of carbonyl (C=O) groups excluding carboxylic acids is 1. The van der Waals surface area contributed by atoms with E-state index in [1.54, 1.807) is 35.0 Å². The van der Waals surface area contributed by atoms with E-state index in [1.807, 2.05) is 31.2 Å². The van der Waals surface area contributed by atoms with Gasteiger partial charge in [0.25, 0.3) is 11.3 Å². The van der Waals surface area contributed by atoms with E-state index in [1.165, 1.54) is 7.11 Å². The molecule has 3 rings (SSSR count). The van der Waals surface area contributed by atoms with Crippen molar-refractivity contribution < 1.29 is 18.3 Å². The van der Waals surface area contributed by atoms with Crippen LogP contribution in [0.3, 0.4) is 0 Å². The Morgan fingerprint density at radius 2 is 1.81 bits per heavy atom. The van der Waals surface area contributed by atoms with E-state index in [4.69, 9.17) is 9.29 Å². The molecule has 8 heteroatoms. The second-order valence-electron chi connectivity index (χ2n) is 5.58. The number of rotatable bonds is 5. The van der Waals surface area contributed by atoms with E-state index < -0.39 is 17.2 Å². The SMILES string of the molecule is COC(=O)c1cc(-c2ccc(C)cc2)n(-c2ccc(NS(=O)O)cc2)n1. The van der Waals surface area contributed by atoms with Crippen LogP contribution in [0.2, 0.25) is 0 Å². The van der Waals surface area contributed by atoms with Crippen molar-refractivity contribution in [1.29, 1.82) is 0 Å². The predicted molar refractivity (Wildman–Crippen MR) is 99.5 cm³/mol. The summed E-state index contributed by atoms with van der Waals surface area (Å²) in [4.78, 5) is 11.9. The summed E-state index contributed by atoms with van der Waals surface area (Å²) < 4.78 is 28.5. The van der Waals surface area contributed by atoms with E-state index in [0.717, 1.165) is 16.8 Å². The number of aromatic nitrogens is 2. The summed E-state index contributed by atoms with van der Waals surface area (Å²) in [6.07, 6.45) is 0. The van der Waals surface area contributed by atoms with Gasteiger partial charge in [-0.1, -0.05) is 29.8 Å². The first-order valence-corrected chi connectivity index (χ1v) is 8.82. The van der Waals surface area contributed by atoms with Gasteiger partial charge in [0.2, 0.25) is 0 Å². The fraction of sp³-hybridized carbons (Fsp3) is 0.111. The Kier molecular flexibility index (Phi) is 5.15. The molecule has 0 radical (unpaired) electrons. The lowest BCUT2D eigenvalue weighted by Gasteiger charge is -2.09. The molecule has 7 nitrogen and oxygen atoms in total. The number of aryl methyl sites for hydroxylation is 1. The molecule has 1 heterocycles. The number of carbonyl (C=O) groups is 1. The highest BCUT2D eigenvalue weighted by molar-refractivity contribution is 7.80. The first-order valence-electron chi connectivity index (χ1n) is 7.71. The Balaban J connectivity index is 2.07. The van der Waals surface area contributed by atoms with Crippen molar-refractivity contribution in [2.24, 2.45) is 0 Å². The third kappa shape index (κ3) is 3.81. The third-order valence-corrected chi connectivity index (χ3v) is 4.18. The van der Waals surface area contributed by atoms with Crippen molar-refractivity contribution in [3.05, 3.63) is 65.9 Å². The molecule has 0 aliphatic rings. The lowest BCUT2D eigenvalue weighted by molar-refractivity contribution is 0.0593. The Bertz CT molecular complexity index is 950. The molecule has 3 aromatic rings. The molecule has 2 aromatic carbocycles. The average Bonchev–Trinajstić information content (AvgIpc) is 3.07. The van der Waals surface area contributed by atoms with Crippen molar-refractivity contribution in [1.82, 2.24) is 9.78 Å². The standard InChI is InChI=1S/C18H17N3O4S/c1-12-3-5-13(6-4-12)17-11-16(18(22)25-2)19-21(17)15-9-7-14(8-10-15)20-26(23)24/h3-11,20H,1-2H3,(H,23,24). The van der Waals surface area contributed by atoms with Gasteiger partial charge in [-0.25, -0.2) is 13.7 Å². The Labute approximate surface area is 153 Å². The van der Waals surface area contributed by atoms with Gasteiger partial charge in [-0.3, -0.25) is 9.27 Å². The molecule has 134 valence electrons. The minimum absolute atomic E-state index is 0.196. The predicted octanol–water partition coefficient (Wildman–Crippen LogP) is 3.18. The molecule has 1 unspecified atom stereocenters. The van der Waals surface area contributed by atoms with E-state index in [-0.39, 0.29) is 5.69 Å². The normalized spacial score (nSPS) is 11.8.